The third kappa shape index (κ3) is 4.13. The van der Waals surface area contributed by atoms with Crippen molar-refractivity contribution < 1.29 is 9.53 Å². The Morgan fingerprint density at radius 2 is 2.05 bits per heavy atom. The van der Waals surface area contributed by atoms with Gasteiger partial charge in [0.25, 0.3) is 0 Å². The number of methoxy groups -OCH3 is 1. The van der Waals surface area contributed by atoms with Gasteiger partial charge >= 0.3 is 5.97 Å². The SMILES string of the molecule is COC(=O)CCCN1CCN(c2cccc(N)c2)CC1. The van der Waals surface area contributed by atoms with E-state index in [2.05, 4.69) is 20.6 Å². The number of hydrogen-bond acceptors (Lipinski definition) is 5. The number of carbonyl (C=O) groups is 1. The summed E-state index contributed by atoms with van der Waals surface area (Å²) < 4.78 is 4.65. The van der Waals surface area contributed by atoms with Crippen LogP contribution in [-0.4, -0.2) is 50.7 Å². The summed E-state index contributed by atoms with van der Waals surface area (Å²) in [5.41, 5.74) is 7.82. The van der Waals surface area contributed by atoms with Crippen LogP contribution in [-0.2, 0) is 9.53 Å². The lowest BCUT2D eigenvalue weighted by atomic mass is 10.2. The minimum Gasteiger partial charge on any atom is -0.469 e. The molecule has 110 valence electrons. The summed E-state index contributed by atoms with van der Waals surface area (Å²) >= 11 is 0. The third-order valence-electron chi connectivity index (χ3n) is 3.69. The molecular formula is C15H23N3O2. The Morgan fingerprint density at radius 3 is 2.70 bits per heavy atom. The molecule has 5 heteroatoms. The van der Waals surface area contributed by atoms with Gasteiger partial charge in [-0.05, 0) is 31.2 Å². The Kier molecular flexibility index (Phi) is 5.24. The lowest BCUT2D eigenvalue weighted by molar-refractivity contribution is -0.140. The Hall–Kier alpha value is -1.75. The maximum atomic E-state index is 11.1. The smallest absolute Gasteiger partial charge is 0.305 e. The number of nitrogens with two attached hydrogens (primary N) is 1. The quantitative estimate of drug-likeness (QED) is 0.650. The minimum atomic E-state index is -0.122. The molecule has 1 aliphatic rings. The van der Waals surface area contributed by atoms with E-state index in [1.165, 1.54) is 12.8 Å². The molecule has 1 aromatic rings. The fourth-order valence-corrected chi connectivity index (χ4v) is 2.50. The largest absolute Gasteiger partial charge is 0.469 e. The van der Waals surface area contributed by atoms with Crippen molar-refractivity contribution in [2.75, 3.05) is 50.5 Å². The highest BCUT2D eigenvalue weighted by atomic mass is 16.5. The lowest BCUT2D eigenvalue weighted by Crippen LogP contribution is -2.46. The second-order valence-corrected chi connectivity index (χ2v) is 5.10. The van der Waals surface area contributed by atoms with Crippen molar-refractivity contribution in [2.45, 2.75) is 12.8 Å². The van der Waals surface area contributed by atoms with Crippen molar-refractivity contribution in [1.82, 2.24) is 4.90 Å². The Morgan fingerprint density at radius 1 is 1.30 bits per heavy atom. The predicted molar refractivity (Wildman–Crippen MR) is 80.8 cm³/mol. The van der Waals surface area contributed by atoms with Crippen LogP contribution in [0.15, 0.2) is 24.3 Å². The lowest BCUT2D eigenvalue weighted by Gasteiger charge is -2.36. The molecule has 1 heterocycles. The molecule has 0 saturated carbocycles. The van der Waals surface area contributed by atoms with Crippen LogP contribution in [0.4, 0.5) is 11.4 Å². The van der Waals surface area contributed by atoms with E-state index in [0.717, 1.165) is 44.8 Å². The van der Waals surface area contributed by atoms with E-state index in [1.807, 2.05) is 18.2 Å². The number of piperazine rings is 1. The van der Waals surface area contributed by atoms with Crippen molar-refractivity contribution in [2.24, 2.45) is 0 Å². The Bertz CT molecular complexity index is 442. The van der Waals surface area contributed by atoms with Crippen LogP contribution in [0.25, 0.3) is 0 Å². The molecule has 0 amide bonds. The van der Waals surface area contributed by atoms with Gasteiger partial charge in [0.05, 0.1) is 7.11 Å². The molecule has 0 radical (unpaired) electrons. The van der Waals surface area contributed by atoms with E-state index >= 15 is 0 Å². The van der Waals surface area contributed by atoms with Crippen molar-refractivity contribution in [1.29, 1.82) is 0 Å². The summed E-state index contributed by atoms with van der Waals surface area (Å²) in [4.78, 5) is 15.8. The van der Waals surface area contributed by atoms with Crippen LogP contribution in [0, 0.1) is 0 Å². The molecule has 1 aliphatic heterocycles. The van der Waals surface area contributed by atoms with Gasteiger partial charge in [-0.3, -0.25) is 9.69 Å². The zero-order valence-corrected chi connectivity index (χ0v) is 12.0. The van der Waals surface area contributed by atoms with Crippen molar-refractivity contribution in [3.8, 4) is 0 Å². The molecule has 1 fully saturated rings. The first-order valence-corrected chi connectivity index (χ1v) is 7.08. The number of ether oxygens (including phenoxy) is 1. The van der Waals surface area contributed by atoms with E-state index in [-0.39, 0.29) is 5.97 Å². The standard InChI is InChI=1S/C15H23N3O2/c1-20-15(19)6-3-7-17-8-10-18(11-9-17)14-5-2-4-13(16)12-14/h2,4-5,12H,3,6-11,16H2,1H3. The highest BCUT2D eigenvalue weighted by molar-refractivity contribution is 5.69. The van der Waals surface area contributed by atoms with Crippen molar-refractivity contribution in [3.63, 3.8) is 0 Å². The van der Waals surface area contributed by atoms with Crippen LogP contribution in [0.1, 0.15) is 12.8 Å². The number of nitrogens with zero attached hydrogens (tertiary/aromatic N) is 2. The first kappa shape index (κ1) is 14.7. The molecule has 0 spiro atoms. The normalized spacial score (nSPS) is 16.1. The first-order chi connectivity index (χ1) is 9.69. The topological polar surface area (TPSA) is 58.8 Å². The summed E-state index contributed by atoms with van der Waals surface area (Å²) in [6.07, 6.45) is 1.37. The fraction of sp³-hybridized carbons (Fsp3) is 0.533. The molecule has 0 bridgehead atoms. The van der Waals surface area contributed by atoms with Crippen LogP contribution in [0.3, 0.4) is 0 Å². The number of rotatable bonds is 5. The number of esters is 1. The molecule has 0 atom stereocenters. The minimum absolute atomic E-state index is 0.122. The molecule has 1 aromatic carbocycles. The highest BCUT2D eigenvalue weighted by Crippen LogP contribution is 2.19. The third-order valence-corrected chi connectivity index (χ3v) is 3.69. The van der Waals surface area contributed by atoms with Crippen LogP contribution >= 0.6 is 0 Å². The average Bonchev–Trinajstić information content (AvgIpc) is 2.48. The molecule has 5 nitrogen and oxygen atoms in total. The van der Waals surface area contributed by atoms with Gasteiger partial charge in [0.1, 0.15) is 0 Å². The van der Waals surface area contributed by atoms with Gasteiger partial charge in [0.2, 0.25) is 0 Å². The van der Waals surface area contributed by atoms with Gasteiger partial charge in [0.15, 0.2) is 0 Å². The van der Waals surface area contributed by atoms with Gasteiger partial charge in [-0.1, -0.05) is 6.07 Å². The molecule has 2 N–H and O–H groups in total. The number of benzene rings is 1. The number of hydrogen-bond donors (Lipinski definition) is 1. The van der Waals surface area contributed by atoms with Gasteiger partial charge in [0, 0.05) is 44.0 Å². The Labute approximate surface area is 120 Å². The summed E-state index contributed by atoms with van der Waals surface area (Å²) in [5.74, 6) is -0.122. The van der Waals surface area contributed by atoms with Gasteiger partial charge < -0.3 is 15.4 Å². The second kappa shape index (κ2) is 7.14. The first-order valence-electron chi connectivity index (χ1n) is 7.08. The van der Waals surface area contributed by atoms with E-state index in [0.29, 0.717) is 6.42 Å². The summed E-state index contributed by atoms with van der Waals surface area (Å²) in [6, 6.07) is 8.02. The summed E-state index contributed by atoms with van der Waals surface area (Å²) in [5, 5.41) is 0. The van der Waals surface area contributed by atoms with E-state index in [9.17, 15) is 4.79 Å². The molecule has 2 rings (SSSR count). The van der Waals surface area contributed by atoms with Crippen molar-refractivity contribution in [3.05, 3.63) is 24.3 Å². The highest BCUT2D eigenvalue weighted by Gasteiger charge is 2.17. The molecule has 20 heavy (non-hydrogen) atoms. The molecule has 1 saturated heterocycles. The van der Waals surface area contributed by atoms with Gasteiger partial charge in [-0.15, -0.1) is 0 Å². The maximum absolute atomic E-state index is 11.1. The van der Waals surface area contributed by atoms with E-state index in [1.54, 1.807) is 0 Å². The zero-order valence-electron chi connectivity index (χ0n) is 12.0. The van der Waals surface area contributed by atoms with Crippen molar-refractivity contribution >= 4 is 17.3 Å². The number of carbonyl (C=O) groups excluding carboxylic acids is 1. The number of anilines is 2. The molecule has 0 unspecified atom stereocenters. The van der Waals surface area contributed by atoms with Gasteiger partial charge in [-0.2, -0.15) is 0 Å². The van der Waals surface area contributed by atoms with Crippen LogP contribution in [0.5, 0.6) is 0 Å². The molecule has 0 aliphatic carbocycles. The zero-order chi connectivity index (χ0) is 14.4. The monoisotopic (exact) mass is 277 g/mol. The van der Waals surface area contributed by atoms with E-state index < -0.39 is 0 Å². The summed E-state index contributed by atoms with van der Waals surface area (Å²) in [7, 11) is 1.44. The molecule has 0 aromatic heterocycles. The average molecular weight is 277 g/mol. The molecular weight excluding hydrogens is 254 g/mol. The van der Waals surface area contributed by atoms with E-state index in [4.69, 9.17) is 5.73 Å². The fourth-order valence-electron chi connectivity index (χ4n) is 2.50. The summed E-state index contributed by atoms with van der Waals surface area (Å²) in [6.45, 7) is 5.01. The van der Waals surface area contributed by atoms with Crippen LogP contribution < -0.4 is 10.6 Å². The van der Waals surface area contributed by atoms with Crippen LogP contribution in [0.2, 0.25) is 0 Å². The maximum Gasteiger partial charge on any atom is 0.305 e. The predicted octanol–water partition coefficient (Wildman–Crippen LogP) is 1.34. The second-order valence-electron chi connectivity index (χ2n) is 5.10. The number of nitrogen functional groups attached to an aromatic ring is 1. The van der Waals surface area contributed by atoms with Gasteiger partial charge in [-0.25, -0.2) is 0 Å². The Balaban J connectivity index is 1.74.